The number of rotatable bonds is 1. The van der Waals surface area contributed by atoms with Gasteiger partial charge in [-0.1, -0.05) is 0 Å². The van der Waals surface area contributed by atoms with Gasteiger partial charge >= 0.3 is 0 Å². The highest BCUT2D eigenvalue weighted by Gasteiger charge is 2.19. The van der Waals surface area contributed by atoms with Crippen LogP contribution in [0.2, 0.25) is 0 Å². The molecule has 0 radical (unpaired) electrons. The second-order valence-electron chi connectivity index (χ2n) is 4.36. The summed E-state index contributed by atoms with van der Waals surface area (Å²) in [7, 11) is 0. The van der Waals surface area contributed by atoms with E-state index in [2.05, 4.69) is 20.2 Å². The van der Waals surface area contributed by atoms with Crippen LogP contribution in [-0.2, 0) is 17.7 Å². The van der Waals surface area contributed by atoms with Gasteiger partial charge in [-0.25, -0.2) is 4.98 Å². The van der Waals surface area contributed by atoms with Crippen LogP contribution >= 0.6 is 0 Å². The Hall–Kier alpha value is -1.40. The number of hydrogen-bond acceptors (Lipinski definition) is 6. The van der Waals surface area contributed by atoms with Crippen molar-refractivity contribution in [2.45, 2.75) is 13.0 Å². The van der Waals surface area contributed by atoms with Crippen LogP contribution in [0.1, 0.15) is 11.3 Å². The summed E-state index contributed by atoms with van der Waals surface area (Å²) in [4.78, 5) is 11.2. The number of nitrogens with two attached hydrogens (primary N) is 1. The molecular weight excluding hydrogens is 218 g/mol. The molecule has 3 rings (SSSR count). The fourth-order valence-electron chi connectivity index (χ4n) is 2.28. The molecule has 92 valence electrons. The Kier molecular flexibility index (Phi) is 2.82. The molecule has 2 aliphatic heterocycles. The molecule has 1 aromatic heterocycles. The van der Waals surface area contributed by atoms with E-state index in [1.165, 1.54) is 0 Å². The third-order valence-electron chi connectivity index (χ3n) is 3.25. The lowest BCUT2D eigenvalue weighted by atomic mass is 10.1. The van der Waals surface area contributed by atoms with E-state index in [1.807, 2.05) is 0 Å². The van der Waals surface area contributed by atoms with Gasteiger partial charge < -0.3 is 20.7 Å². The van der Waals surface area contributed by atoms with E-state index in [-0.39, 0.29) is 0 Å². The summed E-state index contributed by atoms with van der Waals surface area (Å²) >= 11 is 0. The first-order valence-electron chi connectivity index (χ1n) is 6.03. The maximum absolute atomic E-state index is 6.01. The number of ether oxygens (including phenoxy) is 1. The van der Waals surface area contributed by atoms with E-state index >= 15 is 0 Å². The van der Waals surface area contributed by atoms with Crippen molar-refractivity contribution in [2.75, 3.05) is 43.5 Å². The second kappa shape index (κ2) is 4.46. The topological polar surface area (TPSA) is 76.3 Å². The fourth-order valence-corrected chi connectivity index (χ4v) is 2.28. The highest BCUT2D eigenvalue weighted by Crippen LogP contribution is 2.21. The Labute approximate surface area is 100 Å². The average Bonchev–Trinajstić information content (AvgIpc) is 2.40. The van der Waals surface area contributed by atoms with Gasteiger partial charge in [0.1, 0.15) is 5.82 Å². The SMILES string of the molecule is Nc1nc(N2CCOCC2)nc2c1CCNC2. The predicted molar refractivity (Wildman–Crippen MR) is 64.9 cm³/mol. The van der Waals surface area contributed by atoms with Crippen LogP contribution in [0, 0.1) is 0 Å². The van der Waals surface area contributed by atoms with Gasteiger partial charge in [0.05, 0.1) is 18.9 Å². The highest BCUT2D eigenvalue weighted by molar-refractivity contribution is 5.49. The molecule has 2 aliphatic rings. The molecule has 1 saturated heterocycles. The monoisotopic (exact) mass is 235 g/mol. The molecule has 0 spiro atoms. The lowest BCUT2D eigenvalue weighted by Gasteiger charge is -2.28. The Morgan fingerprint density at radius 3 is 2.88 bits per heavy atom. The van der Waals surface area contributed by atoms with Crippen molar-refractivity contribution in [3.63, 3.8) is 0 Å². The van der Waals surface area contributed by atoms with E-state index in [1.54, 1.807) is 0 Å². The highest BCUT2D eigenvalue weighted by atomic mass is 16.5. The average molecular weight is 235 g/mol. The number of anilines is 2. The third-order valence-corrected chi connectivity index (χ3v) is 3.25. The van der Waals surface area contributed by atoms with Gasteiger partial charge in [-0.2, -0.15) is 4.98 Å². The smallest absolute Gasteiger partial charge is 0.227 e. The van der Waals surface area contributed by atoms with Crippen LogP contribution in [0.4, 0.5) is 11.8 Å². The van der Waals surface area contributed by atoms with Gasteiger partial charge in [-0.05, 0) is 13.0 Å². The van der Waals surface area contributed by atoms with Crippen LogP contribution in [-0.4, -0.2) is 42.8 Å². The van der Waals surface area contributed by atoms with Crippen LogP contribution in [0.3, 0.4) is 0 Å². The third kappa shape index (κ3) is 2.05. The molecule has 3 heterocycles. The van der Waals surface area contributed by atoms with Crippen molar-refractivity contribution in [1.29, 1.82) is 0 Å². The molecule has 0 aromatic carbocycles. The van der Waals surface area contributed by atoms with Gasteiger partial charge in [-0.3, -0.25) is 0 Å². The zero-order valence-corrected chi connectivity index (χ0v) is 9.78. The zero-order chi connectivity index (χ0) is 11.7. The first kappa shape index (κ1) is 10.7. The summed E-state index contributed by atoms with van der Waals surface area (Å²) in [6.07, 6.45) is 0.921. The standard InChI is InChI=1S/C11H17N5O/c12-10-8-1-2-13-7-9(8)14-11(15-10)16-3-5-17-6-4-16/h13H,1-7H2,(H2,12,14,15). The van der Waals surface area contributed by atoms with Crippen molar-refractivity contribution in [1.82, 2.24) is 15.3 Å². The number of fused-ring (bicyclic) bond motifs is 1. The molecular formula is C11H17N5O. The minimum absolute atomic E-state index is 0.637. The minimum Gasteiger partial charge on any atom is -0.383 e. The molecule has 0 bridgehead atoms. The van der Waals surface area contributed by atoms with E-state index in [0.29, 0.717) is 5.82 Å². The summed E-state index contributed by atoms with van der Waals surface area (Å²) in [6.45, 7) is 4.89. The van der Waals surface area contributed by atoms with Crippen molar-refractivity contribution in [3.8, 4) is 0 Å². The second-order valence-corrected chi connectivity index (χ2v) is 4.36. The maximum atomic E-state index is 6.01. The van der Waals surface area contributed by atoms with E-state index in [4.69, 9.17) is 10.5 Å². The van der Waals surface area contributed by atoms with Gasteiger partial charge in [0.15, 0.2) is 0 Å². The molecule has 0 aliphatic carbocycles. The molecule has 0 atom stereocenters. The van der Waals surface area contributed by atoms with Gasteiger partial charge in [0, 0.05) is 25.2 Å². The van der Waals surface area contributed by atoms with Gasteiger partial charge in [0.25, 0.3) is 0 Å². The van der Waals surface area contributed by atoms with Crippen molar-refractivity contribution in [3.05, 3.63) is 11.3 Å². The maximum Gasteiger partial charge on any atom is 0.227 e. The lowest BCUT2D eigenvalue weighted by Crippen LogP contribution is -2.38. The lowest BCUT2D eigenvalue weighted by molar-refractivity contribution is 0.122. The molecule has 1 aromatic rings. The number of nitrogen functional groups attached to an aromatic ring is 1. The summed E-state index contributed by atoms with van der Waals surface area (Å²) in [5.41, 5.74) is 8.17. The molecule has 1 fully saturated rings. The first-order valence-corrected chi connectivity index (χ1v) is 6.03. The molecule has 17 heavy (non-hydrogen) atoms. The summed E-state index contributed by atoms with van der Waals surface area (Å²) in [5.74, 6) is 1.38. The molecule has 6 heteroatoms. The zero-order valence-electron chi connectivity index (χ0n) is 9.78. The molecule has 3 N–H and O–H groups in total. The quantitative estimate of drug-likeness (QED) is 0.686. The molecule has 6 nitrogen and oxygen atoms in total. The largest absolute Gasteiger partial charge is 0.383 e. The number of nitrogens with one attached hydrogen (secondary N) is 1. The van der Waals surface area contributed by atoms with Crippen LogP contribution in [0.5, 0.6) is 0 Å². The normalized spacial score (nSPS) is 20.1. The summed E-state index contributed by atoms with van der Waals surface area (Å²) < 4.78 is 5.32. The van der Waals surface area contributed by atoms with Crippen LogP contribution in [0.25, 0.3) is 0 Å². The molecule has 0 unspecified atom stereocenters. The van der Waals surface area contributed by atoms with Crippen molar-refractivity contribution < 1.29 is 4.74 Å². The van der Waals surface area contributed by atoms with E-state index in [0.717, 1.165) is 63.0 Å². The van der Waals surface area contributed by atoms with Crippen molar-refractivity contribution in [2.24, 2.45) is 0 Å². The van der Waals surface area contributed by atoms with E-state index in [9.17, 15) is 0 Å². The number of nitrogens with zero attached hydrogens (tertiary/aromatic N) is 3. The Morgan fingerprint density at radius 2 is 2.06 bits per heavy atom. The van der Waals surface area contributed by atoms with Gasteiger partial charge in [0.2, 0.25) is 5.95 Å². The minimum atomic E-state index is 0.637. The molecule has 0 amide bonds. The number of hydrogen-bond donors (Lipinski definition) is 2. The first-order chi connectivity index (χ1) is 8.34. The number of aromatic nitrogens is 2. The van der Waals surface area contributed by atoms with Crippen LogP contribution < -0.4 is 16.0 Å². The predicted octanol–water partition coefficient (Wildman–Crippen LogP) is -0.459. The van der Waals surface area contributed by atoms with Crippen molar-refractivity contribution >= 4 is 11.8 Å². The Balaban J connectivity index is 1.92. The fraction of sp³-hybridized carbons (Fsp3) is 0.636. The Morgan fingerprint density at radius 1 is 1.24 bits per heavy atom. The summed E-state index contributed by atoms with van der Waals surface area (Å²) in [5, 5.41) is 3.31. The van der Waals surface area contributed by atoms with Gasteiger partial charge in [-0.15, -0.1) is 0 Å². The van der Waals surface area contributed by atoms with E-state index < -0.39 is 0 Å². The molecule has 0 saturated carbocycles. The van der Waals surface area contributed by atoms with Crippen LogP contribution in [0.15, 0.2) is 0 Å². The number of morpholine rings is 1. The summed E-state index contributed by atoms with van der Waals surface area (Å²) in [6, 6.07) is 0. The Bertz CT molecular complexity index is 417.